The Morgan fingerprint density at radius 3 is 2.89 bits per heavy atom. The van der Waals surface area contributed by atoms with Gasteiger partial charge in [0.2, 0.25) is 5.91 Å². The van der Waals surface area contributed by atoms with Gasteiger partial charge in [-0.2, -0.15) is 0 Å². The van der Waals surface area contributed by atoms with E-state index in [1.807, 2.05) is 11.4 Å². The lowest BCUT2D eigenvalue weighted by atomic mass is 9.94. The molecule has 0 aliphatic heterocycles. The minimum Gasteiger partial charge on any atom is -0.350 e. The van der Waals surface area contributed by atoms with Gasteiger partial charge in [-0.15, -0.1) is 11.3 Å². The molecule has 0 bridgehead atoms. The van der Waals surface area contributed by atoms with Gasteiger partial charge in [0.05, 0.1) is 13.1 Å². The molecule has 1 aliphatic carbocycles. The van der Waals surface area contributed by atoms with Crippen LogP contribution in [0.4, 0.5) is 0 Å². The van der Waals surface area contributed by atoms with Gasteiger partial charge in [-0.25, -0.2) is 0 Å². The first kappa shape index (κ1) is 13.6. The average molecular weight is 266 g/mol. The lowest BCUT2D eigenvalue weighted by Gasteiger charge is -2.30. The van der Waals surface area contributed by atoms with E-state index in [0.717, 1.165) is 0 Å². The Balaban J connectivity index is 1.69. The zero-order valence-corrected chi connectivity index (χ0v) is 11.8. The Labute approximate surface area is 113 Å². The van der Waals surface area contributed by atoms with Gasteiger partial charge in [0.1, 0.15) is 0 Å². The predicted octanol–water partition coefficient (Wildman–Crippen LogP) is 2.63. The van der Waals surface area contributed by atoms with E-state index in [2.05, 4.69) is 23.3 Å². The highest BCUT2D eigenvalue weighted by Crippen LogP contribution is 2.21. The standard InChI is InChI=1S/C14H22N2OS/c1-16(12-6-3-2-4-7-12)11-14(17)15-10-13-8-5-9-18-13/h5,8-9,12H,2-4,6-7,10-11H2,1H3,(H,15,17). The summed E-state index contributed by atoms with van der Waals surface area (Å²) >= 11 is 1.68. The van der Waals surface area contributed by atoms with Crippen LogP contribution in [0.5, 0.6) is 0 Å². The van der Waals surface area contributed by atoms with E-state index in [9.17, 15) is 4.79 Å². The van der Waals surface area contributed by atoms with Gasteiger partial charge in [-0.05, 0) is 31.3 Å². The summed E-state index contributed by atoms with van der Waals surface area (Å²) < 4.78 is 0. The summed E-state index contributed by atoms with van der Waals surface area (Å²) in [5.74, 6) is 0.136. The molecule has 1 fully saturated rings. The van der Waals surface area contributed by atoms with Crippen LogP contribution in [0, 0.1) is 0 Å². The summed E-state index contributed by atoms with van der Waals surface area (Å²) in [6, 6.07) is 4.67. The minimum atomic E-state index is 0.136. The van der Waals surface area contributed by atoms with E-state index >= 15 is 0 Å². The molecule has 1 aliphatic rings. The van der Waals surface area contributed by atoms with Crippen molar-refractivity contribution in [3.8, 4) is 0 Å². The maximum atomic E-state index is 11.8. The molecule has 2 rings (SSSR count). The van der Waals surface area contributed by atoms with E-state index in [4.69, 9.17) is 0 Å². The van der Waals surface area contributed by atoms with Crippen molar-refractivity contribution < 1.29 is 4.79 Å². The number of nitrogens with zero attached hydrogens (tertiary/aromatic N) is 1. The monoisotopic (exact) mass is 266 g/mol. The largest absolute Gasteiger partial charge is 0.350 e. The number of hydrogen-bond acceptors (Lipinski definition) is 3. The van der Waals surface area contributed by atoms with E-state index in [0.29, 0.717) is 19.1 Å². The van der Waals surface area contributed by atoms with Crippen LogP contribution < -0.4 is 5.32 Å². The number of likely N-dealkylation sites (N-methyl/N-ethyl adjacent to an activating group) is 1. The van der Waals surface area contributed by atoms with Gasteiger partial charge in [-0.3, -0.25) is 9.69 Å². The molecule has 0 atom stereocenters. The number of amides is 1. The second kappa shape index (κ2) is 6.90. The average Bonchev–Trinajstić information content (AvgIpc) is 2.90. The molecule has 1 heterocycles. The van der Waals surface area contributed by atoms with Crippen molar-refractivity contribution in [3.05, 3.63) is 22.4 Å². The summed E-state index contributed by atoms with van der Waals surface area (Å²) in [4.78, 5) is 15.3. The van der Waals surface area contributed by atoms with Crippen LogP contribution in [0.25, 0.3) is 0 Å². The van der Waals surface area contributed by atoms with Gasteiger partial charge >= 0.3 is 0 Å². The quantitative estimate of drug-likeness (QED) is 0.888. The van der Waals surface area contributed by atoms with Gasteiger partial charge in [0.25, 0.3) is 0 Å². The lowest BCUT2D eigenvalue weighted by molar-refractivity contribution is -0.122. The lowest BCUT2D eigenvalue weighted by Crippen LogP contribution is -2.41. The maximum Gasteiger partial charge on any atom is 0.234 e. The number of carbonyl (C=O) groups is 1. The zero-order chi connectivity index (χ0) is 12.8. The Kier molecular flexibility index (Phi) is 5.20. The topological polar surface area (TPSA) is 32.3 Å². The minimum absolute atomic E-state index is 0.136. The van der Waals surface area contributed by atoms with Crippen LogP contribution in [0.15, 0.2) is 17.5 Å². The Bertz CT molecular complexity index is 358. The summed E-state index contributed by atoms with van der Waals surface area (Å²) in [5, 5.41) is 5.02. The third kappa shape index (κ3) is 4.10. The highest BCUT2D eigenvalue weighted by molar-refractivity contribution is 7.09. The SMILES string of the molecule is CN(CC(=O)NCc1cccs1)C1CCCCC1. The van der Waals surface area contributed by atoms with Gasteiger partial charge < -0.3 is 5.32 Å². The molecule has 0 unspecified atom stereocenters. The van der Waals surface area contributed by atoms with E-state index in [1.54, 1.807) is 11.3 Å². The molecule has 0 spiro atoms. The van der Waals surface area contributed by atoms with E-state index < -0.39 is 0 Å². The molecule has 0 radical (unpaired) electrons. The maximum absolute atomic E-state index is 11.8. The summed E-state index contributed by atoms with van der Waals surface area (Å²) in [7, 11) is 2.07. The van der Waals surface area contributed by atoms with Crippen LogP contribution in [0.1, 0.15) is 37.0 Å². The molecule has 3 nitrogen and oxygen atoms in total. The van der Waals surface area contributed by atoms with Crippen molar-refractivity contribution in [1.29, 1.82) is 0 Å². The number of carbonyl (C=O) groups excluding carboxylic acids is 1. The fraction of sp³-hybridized carbons (Fsp3) is 0.643. The summed E-state index contributed by atoms with van der Waals surface area (Å²) in [6.45, 7) is 1.19. The number of nitrogens with one attached hydrogen (secondary N) is 1. The highest BCUT2D eigenvalue weighted by atomic mass is 32.1. The van der Waals surface area contributed by atoms with E-state index in [1.165, 1.54) is 37.0 Å². The molecule has 0 aromatic carbocycles. The highest BCUT2D eigenvalue weighted by Gasteiger charge is 2.19. The number of rotatable bonds is 5. The van der Waals surface area contributed by atoms with Crippen LogP contribution >= 0.6 is 11.3 Å². The van der Waals surface area contributed by atoms with Crippen molar-refractivity contribution in [2.45, 2.75) is 44.7 Å². The predicted molar refractivity (Wildman–Crippen MR) is 75.7 cm³/mol. The molecule has 18 heavy (non-hydrogen) atoms. The molecule has 4 heteroatoms. The second-order valence-corrected chi connectivity index (χ2v) is 6.10. The third-order valence-corrected chi connectivity index (χ3v) is 4.51. The molecule has 0 saturated heterocycles. The van der Waals surface area contributed by atoms with Gasteiger partial charge in [0.15, 0.2) is 0 Å². The van der Waals surface area contributed by atoms with Crippen molar-refractivity contribution >= 4 is 17.2 Å². The van der Waals surface area contributed by atoms with Crippen molar-refractivity contribution in [2.75, 3.05) is 13.6 Å². The fourth-order valence-corrected chi connectivity index (χ4v) is 3.18. The van der Waals surface area contributed by atoms with Gasteiger partial charge in [0, 0.05) is 10.9 Å². The first-order valence-electron chi connectivity index (χ1n) is 6.75. The Morgan fingerprint density at radius 2 is 2.22 bits per heavy atom. The molecule has 1 saturated carbocycles. The molecule has 1 N–H and O–H groups in total. The van der Waals surface area contributed by atoms with Gasteiger partial charge in [-0.1, -0.05) is 25.3 Å². The number of thiophene rings is 1. The molecular formula is C14H22N2OS. The summed E-state index contributed by atoms with van der Waals surface area (Å²) in [5.41, 5.74) is 0. The normalized spacial score (nSPS) is 17.0. The summed E-state index contributed by atoms with van der Waals surface area (Å²) in [6.07, 6.45) is 6.47. The molecule has 1 aromatic rings. The molecular weight excluding hydrogens is 244 g/mol. The first-order valence-corrected chi connectivity index (χ1v) is 7.63. The molecule has 1 aromatic heterocycles. The van der Waals surface area contributed by atoms with Crippen molar-refractivity contribution in [2.24, 2.45) is 0 Å². The van der Waals surface area contributed by atoms with E-state index in [-0.39, 0.29) is 5.91 Å². The van der Waals surface area contributed by atoms with Crippen LogP contribution in [0.3, 0.4) is 0 Å². The molecule has 100 valence electrons. The van der Waals surface area contributed by atoms with Crippen LogP contribution in [-0.2, 0) is 11.3 Å². The fourth-order valence-electron chi connectivity index (χ4n) is 2.53. The van der Waals surface area contributed by atoms with Crippen molar-refractivity contribution in [3.63, 3.8) is 0 Å². The Morgan fingerprint density at radius 1 is 1.44 bits per heavy atom. The first-order chi connectivity index (χ1) is 8.75. The van der Waals surface area contributed by atoms with Crippen LogP contribution in [0.2, 0.25) is 0 Å². The Hall–Kier alpha value is -0.870. The molecule has 1 amide bonds. The second-order valence-electron chi connectivity index (χ2n) is 5.06. The third-order valence-electron chi connectivity index (χ3n) is 3.63. The number of hydrogen-bond donors (Lipinski definition) is 1. The smallest absolute Gasteiger partial charge is 0.234 e. The van der Waals surface area contributed by atoms with Crippen LogP contribution in [-0.4, -0.2) is 30.4 Å². The van der Waals surface area contributed by atoms with Crippen molar-refractivity contribution in [1.82, 2.24) is 10.2 Å². The zero-order valence-electron chi connectivity index (χ0n) is 11.0.